The number of nitrogens with zero attached hydrogens (tertiary/aromatic N) is 2. The Hall–Kier alpha value is -1.17. The van der Waals surface area contributed by atoms with E-state index in [2.05, 4.69) is 20.3 Å². The Balaban J connectivity index is 2.27. The summed E-state index contributed by atoms with van der Waals surface area (Å²) in [5, 5.41) is 14.3. The number of nitrogens with one attached hydrogen (secondary N) is 2. The fraction of sp³-hybridized carbons (Fsp3) is 0.333. The van der Waals surface area contributed by atoms with E-state index in [4.69, 9.17) is 11.6 Å². The standard InChI is InChI=1S/C9H9ClN4O/c10-7-6-5(9(15)2-11-3-9)1-12-8(6)14-4-13-7/h1,4,11,15H,2-3H2,(H,12,13,14). The maximum atomic E-state index is 10.2. The smallest absolute Gasteiger partial charge is 0.142 e. The number of fused-ring (bicyclic) bond motifs is 1. The monoisotopic (exact) mass is 224 g/mol. The van der Waals surface area contributed by atoms with Gasteiger partial charge in [-0.1, -0.05) is 11.6 Å². The van der Waals surface area contributed by atoms with Gasteiger partial charge >= 0.3 is 0 Å². The first-order chi connectivity index (χ1) is 7.21. The fourth-order valence-corrected chi connectivity index (χ4v) is 2.08. The Kier molecular flexibility index (Phi) is 1.76. The highest BCUT2D eigenvalue weighted by atomic mass is 35.5. The highest BCUT2D eigenvalue weighted by Gasteiger charge is 2.38. The molecule has 1 saturated heterocycles. The van der Waals surface area contributed by atoms with Crippen molar-refractivity contribution < 1.29 is 5.11 Å². The van der Waals surface area contributed by atoms with Gasteiger partial charge in [0, 0.05) is 24.8 Å². The van der Waals surface area contributed by atoms with E-state index in [0.717, 1.165) is 5.56 Å². The second-order valence-electron chi connectivity index (χ2n) is 3.73. The number of aromatic nitrogens is 3. The molecule has 15 heavy (non-hydrogen) atoms. The third-order valence-electron chi connectivity index (χ3n) is 2.76. The molecule has 0 aliphatic carbocycles. The van der Waals surface area contributed by atoms with Gasteiger partial charge in [0.1, 0.15) is 22.7 Å². The number of aromatic amines is 1. The van der Waals surface area contributed by atoms with Gasteiger partial charge in [-0.05, 0) is 0 Å². The minimum Gasteiger partial charge on any atom is -0.382 e. The largest absolute Gasteiger partial charge is 0.382 e. The molecule has 6 heteroatoms. The molecule has 5 nitrogen and oxygen atoms in total. The predicted molar refractivity (Wildman–Crippen MR) is 55.7 cm³/mol. The van der Waals surface area contributed by atoms with Gasteiger partial charge in [0.2, 0.25) is 0 Å². The molecule has 3 heterocycles. The van der Waals surface area contributed by atoms with Gasteiger partial charge in [-0.3, -0.25) is 0 Å². The van der Waals surface area contributed by atoms with Gasteiger partial charge in [0.25, 0.3) is 0 Å². The van der Waals surface area contributed by atoms with Gasteiger partial charge < -0.3 is 15.4 Å². The van der Waals surface area contributed by atoms with Crippen LogP contribution in [0.1, 0.15) is 5.56 Å². The number of rotatable bonds is 1. The van der Waals surface area contributed by atoms with Crippen LogP contribution in [0.25, 0.3) is 11.0 Å². The summed E-state index contributed by atoms with van der Waals surface area (Å²) in [5.41, 5.74) is 0.583. The summed E-state index contributed by atoms with van der Waals surface area (Å²) in [7, 11) is 0. The molecule has 1 aliphatic rings. The van der Waals surface area contributed by atoms with E-state index in [1.165, 1.54) is 6.33 Å². The van der Waals surface area contributed by atoms with E-state index >= 15 is 0 Å². The number of halogens is 1. The number of hydrogen-bond acceptors (Lipinski definition) is 4. The molecule has 3 rings (SSSR count). The zero-order chi connectivity index (χ0) is 10.5. The number of β-amino-alcohol motifs (C(OH)–C–C–N with tert-alkyl or cyclic N) is 1. The second kappa shape index (κ2) is 2.91. The Labute approximate surface area is 90.5 Å². The Morgan fingerprint density at radius 3 is 2.87 bits per heavy atom. The first-order valence-corrected chi connectivity index (χ1v) is 5.00. The van der Waals surface area contributed by atoms with Crippen molar-refractivity contribution in [3.05, 3.63) is 23.2 Å². The summed E-state index contributed by atoms with van der Waals surface area (Å²) in [6, 6.07) is 0. The normalized spacial score (nSPS) is 19.1. The second-order valence-corrected chi connectivity index (χ2v) is 4.08. The molecule has 1 fully saturated rings. The van der Waals surface area contributed by atoms with Crippen LogP contribution in [0.2, 0.25) is 5.15 Å². The molecular formula is C9H9ClN4O. The molecule has 0 bridgehead atoms. The first kappa shape index (κ1) is 9.08. The summed E-state index contributed by atoms with van der Waals surface area (Å²) < 4.78 is 0. The van der Waals surface area contributed by atoms with E-state index in [1.807, 2.05) is 0 Å². The molecule has 0 radical (unpaired) electrons. The van der Waals surface area contributed by atoms with E-state index < -0.39 is 5.60 Å². The van der Waals surface area contributed by atoms with Crippen LogP contribution >= 0.6 is 11.6 Å². The maximum absolute atomic E-state index is 10.2. The van der Waals surface area contributed by atoms with E-state index in [-0.39, 0.29) is 0 Å². The van der Waals surface area contributed by atoms with E-state index in [0.29, 0.717) is 29.3 Å². The topological polar surface area (TPSA) is 73.8 Å². The molecule has 0 aromatic carbocycles. The van der Waals surface area contributed by atoms with E-state index in [1.54, 1.807) is 6.20 Å². The average Bonchev–Trinajstić information content (AvgIpc) is 2.60. The number of aliphatic hydroxyl groups is 1. The number of H-pyrrole nitrogens is 1. The molecular weight excluding hydrogens is 216 g/mol. The highest BCUT2D eigenvalue weighted by Crippen LogP contribution is 2.33. The minimum absolute atomic E-state index is 0.372. The lowest BCUT2D eigenvalue weighted by atomic mass is 9.89. The third-order valence-corrected chi connectivity index (χ3v) is 3.05. The van der Waals surface area contributed by atoms with Crippen LogP contribution in [0.3, 0.4) is 0 Å². The molecule has 1 aliphatic heterocycles. The van der Waals surface area contributed by atoms with Crippen molar-refractivity contribution in [1.82, 2.24) is 20.3 Å². The summed E-state index contributed by atoms with van der Waals surface area (Å²) >= 11 is 5.99. The predicted octanol–water partition coefficient (Wildman–Crippen LogP) is 0.402. The molecule has 2 aromatic heterocycles. The zero-order valence-electron chi connectivity index (χ0n) is 7.79. The Morgan fingerprint density at radius 1 is 1.40 bits per heavy atom. The zero-order valence-corrected chi connectivity index (χ0v) is 8.54. The SMILES string of the molecule is OC1(c2c[nH]c3ncnc(Cl)c23)CNC1. The lowest BCUT2D eigenvalue weighted by molar-refractivity contribution is -0.0132. The van der Waals surface area contributed by atoms with Gasteiger partial charge in [-0.15, -0.1) is 0 Å². The van der Waals surface area contributed by atoms with Crippen LogP contribution in [0.15, 0.2) is 12.5 Å². The molecule has 0 amide bonds. The van der Waals surface area contributed by atoms with Crippen LogP contribution in [0.5, 0.6) is 0 Å². The Bertz CT molecular complexity index is 520. The number of hydrogen-bond donors (Lipinski definition) is 3. The third kappa shape index (κ3) is 1.17. The van der Waals surface area contributed by atoms with Gasteiger partial charge in [0.15, 0.2) is 0 Å². The van der Waals surface area contributed by atoms with Crippen molar-refractivity contribution in [3.8, 4) is 0 Å². The molecule has 0 saturated carbocycles. The molecule has 78 valence electrons. The quantitative estimate of drug-likeness (QED) is 0.613. The van der Waals surface area contributed by atoms with Crippen LogP contribution in [0, 0.1) is 0 Å². The summed E-state index contributed by atoms with van der Waals surface area (Å²) in [4.78, 5) is 10.9. The van der Waals surface area contributed by atoms with Crippen molar-refractivity contribution in [2.75, 3.05) is 13.1 Å². The maximum Gasteiger partial charge on any atom is 0.142 e. The lowest BCUT2D eigenvalue weighted by Crippen LogP contribution is -2.56. The first-order valence-electron chi connectivity index (χ1n) is 4.62. The van der Waals surface area contributed by atoms with Crippen LogP contribution in [-0.2, 0) is 5.60 Å². The van der Waals surface area contributed by atoms with Crippen molar-refractivity contribution in [2.45, 2.75) is 5.60 Å². The van der Waals surface area contributed by atoms with Crippen molar-refractivity contribution in [2.24, 2.45) is 0 Å². The van der Waals surface area contributed by atoms with Crippen molar-refractivity contribution >= 4 is 22.6 Å². The molecule has 0 spiro atoms. The molecule has 3 N–H and O–H groups in total. The summed E-state index contributed by atoms with van der Waals surface area (Å²) in [6.07, 6.45) is 3.14. The average molecular weight is 225 g/mol. The van der Waals surface area contributed by atoms with Gasteiger partial charge in [-0.2, -0.15) is 0 Å². The minimum atomic E-state index is -0.841. The van der Waals surface area contributed by atoms with E-state index in [9.17, 15) is 5.11 Å². The van der Waals surface area contributed by atoms with Crippen LogP contribution in [-0.4, -0.2) is 33.1 Å². The summed E-state index contributed by atoms with van der Waals surface area (Å²) in [6.45, 7) is 1.07. The molecule has 2 aromatic rings. The lowest BCUT2D eigenvalue weighted by Gasteiger charge is -2.37. The fourth-order valence-electron chi connectivity index (χ4n) is 1.84. The highest BCUT2D eigenvalue weighted by molar-refractivity contribution is 6.34. The molecule has 0 atom stereocenters. The van der Waals surface area contributed by atoms with Gasteiger partial charge in [0.05, 0.1) is 5.39 Å². The molecule has 0 unspecified atom stereocenters. The van der Waals surface area contributed by atoms with Crippen molar-refractivity contribution in [1.29, 1.82) is 0 Å². The van der Waals surface area contributed by atoms with Crippen LogP contribution in [0.4, 0.5) is 0 Å². The summed E-state index contributed by atoms with van der Waals surface area (Å²) in [5.74, 6) is 0. The van der Waals surface area contributed by atoms with Gasteiger partial charge in [-0.25, -0.2) is 9.97 Å². The Morgan fingerprint density at radius 2 is 2.20 bits per heavy atom. The van der Waals surface area contributed by atoms with Crippen molar-refractivity contribution in [3.63, 3.8) is 0 Å². The van der Waals surface area contributed by atoms with Crippen LogP contribution < -0.4 is 5.32 Å².